The quantitative estimate of drug-likeness (QED) is 0.0222. The van der Waals surface area contributed by atoms with E-state index in [2.05, 4.69) is 29.8 Å². The average Bonchev–Trinajstić information content (AvgIpc) is 0.747. The Morgan fingerprint density at radius 2 is 0.808 bits per heavy atom. The molecule has 0 aromatic carbocycles. The Morgan fingerprint density at radius 3 is 1.24 bits per heavy atom. The number of hydrogen-bond donors (Lipinski definition) is 23. The first kappa shape index (κ1) is 105. The Hall–Kier alpha value is -3.62. The Kier molecular flexibility index (Phi) is 48.4. The SMILES string of the molecule is CCCCCCCCCCCCC/C=C/[C@@H](O)[C@H](CO[C@@H]1OC(CO)[C@@H](O[C@@H]2OC(CO)[C@H](O)[C@H](O[C@@H]3OC(CO)[C@@H](O)[C@H](O[C@@H]4OC(CO)[C@H](O)[C@H](O[C@@H]5OC(CO)[C@H](O)[C@H](O[C@]6(C(=O)O)CC(O)[C@@H](NC(C)=O)C([C@H](O)[C@H](O)CO)O6)C5O)C4O)C3NC(C)=O)C2O)[C@H](O)C1O)NC(=O)CCCCCCCCCCCCCCCCCCC. The molecule has 12 unspecified atom stereocenters. The lowest BCUT2D eigenvalue weighted by molar-refractivity contribution is -0.394. The van der Waals surface area contributed by atoms with Crippen LogP contribution >= 0.6 is 0 Å². The highest BCUT2D eigenvalue weighted by Gasteiger charge is 2.62. The summed E-state index contributed by atoms with van der Waals surface area (Å²) in [6.07, 6.45) is -24.3. The van der Waals surface area contributed by atoms with Gasteiger partial charge in [0.1, 0.15) is 140 Å². The van der Waals surface area contributed by atoms with Crippen LogP contribution in [0.1, 0.15) is 227 Å². The minimum Gasteiger partial charge on any atom is -0.477 e. The van der Waals surface area contributed by atoms with Crippen molar-refractivity contribution in [1.82, 2.24) is 16.0 Å². The van der Waals surface area contributed by atoms with Gasteiger partial charge in [0.2, 0.25) is 17.7 Å². The molecule has 0 saturated carbocycles. The molecule has 23 N–H and O–H groups in total. The van der Waals surface area contributed by atoms with Crippen LogP contribution < -0.4 is 16.0 Å². The number of allylic oxidation sites excluding steroid dienone is 1. The van der Waals surface area contributed by atoms with Crippen LogP contribution in [0, 0.1) is 0 Å². The van der Waals surface area contributed by atoms with Crippen molar-refractivity contribution >= 4 is 23.7 Å². The topological polar surface area (TPSA) is 620 Å². The van der Waals surface area contributed by atoms with Crippen LogP contribution in [0.15, 0.2) is 12.2 Å². The number of rotatable bonds is 57. The molecule has 6 fully saturated rings. The highest BCUT2D eigenvalue weighted by molar-refractivity contribution is 5.77. The fourth-order valence-electron chi connectivity index (χ4n) is 16.1. The van der Waals surface area contributed by atoms with Gasteiger partial charge in [-0.05, 0) is 19.3 Å². The van der Waals surface area contributed by atoms with Gasteiger partial charge in [0.25, 0.3) is 5.79 Å². The average molecular weight is 1740 g/mol. The Balaban J connectivity index is 1.13. The maximum Gasteiger partial charge on any atom is 0.364 e. The molecule has 39 nitrogen and oxygen atoms in total. The molecule has 3 amide bonds. The van der Waals surface area contributed by atoms with Crippen LogP contribution in [0.5, 0.6) is 0 Å². The number of hydrogen-bond acceptors (Lipinski definition) is 35. The first-order valence-corrected chi connectivity index (χ1v) is 43.6. The third-order valence-corrected chi connectivity index (χ3v) is 23.2. The summed E-state index contributed by atoms with van der Waals surface area (Å²) < 4.78 is 70.7. The molecule has 0 aromatic heterocycles. The lowest BCUT2D eigenvalue weighted by Crippen LogP contribution is -2.71. The van der Waals surface area contributed by atoms with E-state index in [0.717, 1.165) is 65.2 Å². The van der Waals surface area contributed by atoms with Crippen molar-refractivity contribution in [1.29, 1.82) is 0 Å². The Bertz CT molecular complexity index is 2870. The second-order valence-electron chi connectivity index (χ2n) is 32.8. The molecule has 0 aromatic rings. The monoisotopic (exact) mass is 1740 g/mol. The van der Waals surface area contributed by atoms with Gasteiger partial charge in [0.15, 0.2) is 31.5 Å². The van der Waals surface area contributed by atoms with Crippen LogP contribution in [0.3, 0.4) is 0 Å². The number of nitrogens with one attached hydrogen (secondary N) is 3. The zero-order chi connectivity index (χ0) is 88.2. The Morgan fingerprint density at radius 1 is 0.433 bits per heavy atom. The molecule has 6 aliphatic heterocycles. The summed E-state index contributed by atoms with van der Waals surface area (Å²) in [6.45, 7) is -0.691. The smallest absolute Gasteiger partial charge is 0.364 e. The predicted octanol–water partition coefficient (Wildman–Crippen LogP) is -2.44. The van der Waals surface area contributed by atoms with Crippen molar-refractivity contribution in [2.75, 3.05) is 46.2 Å². The summed E-state index contributed by atoms with van der Waals surface area (Å²) in [5.41, 5.74) is 0. The normalized spacial score (nSPS) is 36.0. The van der Waals surface area contributed by atoms with Crippen molar-refractivity contribution in [2.45, 2.75) is 429 Å². The maximum absolute atomic E-state index is 13.6. The number of carboxylic acids is 1. The van der Waals surface area contributed by atoms with E-state index in [4.69, 9.17) is 56.8 Å². The lowest BCUT2D eigenvalue weighted by Gasteiger charge is -2.51. The molecule has 0 aliphatic carbocycles. The van der Waals surface area contributed by atoms with Crippen LogP contribution in [0.25, 0.3) is 0 Å². The van der Waals surface area contributed by atoms with Gasteiger partial charge < -0.3 is 175 Å². The third kappa shape index (κ3) is 31.4. The zero-order valence-electron chi connectivity index (χ0n) is 70.0. The molecule has 6 rings (SSSR count). The predicted molar refractivity (Wildman–Crippen MR) is 420 cm³/mol. The van der Waals surface area contributed by atoms with E-state index >= 15 is 0 Å². The van der Waals surface area contributed by atoms with Crippen LogP contribution in [-0.4, -0.2) is 374 Å². The molecular weight excluding hydrogens is 1590 g/mol. The summed E-state index contributed by atoms with van der Waals surface area (Å²) in [7, 11) is 0. The molecule has 0 radical (unpaired) electrons. The fraction of sp³-hybridized carbons (Fsp3) is 0.926. The number of carboxylic acid groups (broad SMARTS) is 1. The maximum atomic E-state index is 13.6. The number of amides is 3. The fourth-order valence-corrected chi connectivity index (χ4v) is 16.1. The molecule has 33 atom stereocenters. The number of carbonyl (C=O) groups excluding carboxylic acids is 3. The van der Waals surface area contributed by atoms with E-state index in [0.29, 0.717) is 12.8 Å². The van der Waals surface area contributed by atoms with E-state index < -0.39 is 272 Å². The van der Waals surface area contributed by atoms with Gasteiger partial charge in [-0.15, -0.1) is 0 Å². The number of aliphatic hydroxyl groups excluding tert-OH is 19. The van der Waals surface area contributed by atoms with Crippen molar-refractivity contribution < 1.29 is 178 Å². The molecule has 700 valence electrons. The van der Waals surface area contributed by atoms with E-state index in [-0.39, 0.29) is 12.3 Å². The van der Waals surface area contributed by atoms with E-state index in [9.17, 15) is 121 Å². The van der Waals surface area contributed by atoms with E-state index in [1.165, 1.54) is 122 Å². The standard InChI is InChI=1S/C81H145N3O36/c1-5-7-9-11-13-15-17-19-20-21-22-24-26-28-30-32-34-36-56(96)84-47(48(93)35-33-31-29-27-25-23-18-16-14-12-10-8-6-2)44-109-76-65(103)64(102)69(55(43-90)114-76)115-77-66(104)72(61(99)52(40-87)111-77)117-75-58(83-46(4)92)70(60(98)51(39-86)110-75)116-78-67(105)73(62(100)53(41-88)112-78)118-79-68(106)74(63(101)54(42-89)113-79)120-81(80(107)108)37-49(94)57(82-45(3)91)71(119-81)59(97)50(95)38-85/h33,35,47-55,57-79,85-90,93-95,97-106H,5-32,34,36-44H2,1-4H3,(H,82,91)(H,83,92)(H,84,96)(H,107,108)/b35-33+/t47-,48+,49?,50+,51?,52?,53?,54?,55?,57+,58?,59+,60+,61-,62-,63-,64+,65?,66?,67?,68?,69+,70+,71?,72-,73-,74-,75-,76+,77-,78-,79-,81-/m0/s1. The van der Waals surface area contributed by atoms with Crippen LogP contribution in [0.2, 0.25) is 0 Å². The van der Waals surface area contributed by atoms with Gasteiger partial charge in [-0.3, -0.25) is 14.4 Å². The van der Waals surface area contributed by atoms with Gasteiger partial charge in [-0.25, -0.2) is 4.79 Å². The number of unbranched alkanes of at least 4 members (excludes halogenated alkanes) is 27. The molecule has 120 heavy (non-hydrogen) atoms. The van der Waals surface area contributed by atoms with Crippen LogP contribution in [0.4, 0.5) is 0 Å². The van der Waals surface area contributed by atoms with Gasteiger partial charge in [-0.2, -0.15) is 0 Å². The summed E-state index contributed by atoms with van der Waals surface area (Å²) in [4.78, 5) is 52.1. The second kappa shape index (κ2) is 55.2. The molecular formula is C81H145N3O36. The third-order valence-electron chi connectivity index (χ3n) is 23.2. The van der Waals surface area contributed by atoms with Crippen molar-refractivity contribution in [3.63, 3.8) is 0 Å². The first-order chi connectivity index (χ1) is 57.5. The minimum absolute atomic E-state index is 0.157. The summed E-state index contributed by atoms with van der Waals surface area (Å²) >= 11 is 0. The van der Waals surface area contributed by atoms with Crippen molar-refractivity contribution in [3.05, 3.63) is 12.2 Å². The minimum atomic E-state index is -3.25. The molecule has 39 heteroatoms. The number of carbonyl (C=O) groups is 4. The number of aliphatic carboxylic acids is 1. The summed E-state index contributed by atoms with van der Waals surface area (Å²) in [6, 6.07) is -4.71. The van der Waals surface area contributed by atoms with E-state index in [1.54, 1.807) is 6.08 Å². The van der Waals surface area contributed by atoms with Gasteiger partial charge in [0, 0.05) is 26.7 Å². The highest BCUT2D eigenvalue weighted by atomic mass is 16.8. The molecule has 0 spiro atoms. The number of aliphatic hydroxyl groups is 19. The largest absolute Gasteiger partial charge is 0.477 e. The summed E-state index contributed by atoms with van der Waals surface area (Å²) in [5, 5.41) is 231. The van der Waals surface area contributed by atoms with Gasteiger partial charge in [-0.1, -0.05) is 193 Å². The summed E-state index contributed by atoms with van der Waals surface area (Å²) in [5.74, 6) is -7.49. The molecule has 6 aliphatic rings. The Labute approximate surface area is 702 Å². The van der Waals surface area contributed by atoms with Crippen LogP contribution in [-0.2, 0) is 76.0 Å². The lowest BCUT2D eigenvalue weighted by atomic mass is 9.88. The number of ether oxygens (including phenoxy) is 12. The second-order valence-corrected chi connectivity index (χ2v) is 32.8. The van der Waals surface area contributed by atoms with Gasteiger partial charge >= 0.3 is 5.97 Å². The van der Waals surface area contributed by atoms with Crippen molar-refractivity contribution in [3.8, 4) is 0 Å². The zero-order valence-corrected chi connectivity index (χ0v) is 70.0. The first-order valence-electron chi connectivity index (χ1n) is 43.6. The molecule has 6 heterocycles. The highest BCUT2D eigenvalue weighted by Crippen LogP contribution is 2.41. The van der Waals surface area contributed by atoms with Crippen molar-refractivity contribution in [2.24, 2.45) is 0 Å². The van der Waals surface area contributed by atoms with Gasteiger partial charge in [0.05, 0.1) is 70.5 Å². The molecule has 0 bridgehead atoms. The van der Waals surface area contributed by atoms with E-state index in [1.807, 2.05) is 6.08 Å². The molecule has 6 saturated heterocycles.